The maximum Gasteiger partial charge on any atom is 0.332 e. The topological polar surface area (TPSA) is 58.8 Å². The Morgan fingerprint density at radius 1 is 1.17 bits per heavy atom. The zero-order valence-corrected chi connectivity index (χ0v) is 13.9. The van der Waals surface area contributed by atoms with Gasteiger partial charge in [-0.05, 0) is 38.4 Å². The van der Waals surface area contributed by atoms with Crippen molar-refractivity contribution in [2.24, 2.45) is 5.73 Å². The Bertz CT molecular complexity index is 504. The average Bonchev–Trinajstić information content (AvgIpc) is 2.55. The van der Waals surface area contributed by atoms with Crippen molar-refractivity contribution in [3.63, 3.8) is 0 Å². The van der Waals surface area contributed by atoms with Crippen LogP contribution in [-0.4, -0.2) is 50.2 Å². The zero-order valence-electron chi connectivity index (χ0n) is 13.9. The van der Waals surface area contributed by atoms with Crippen LogP contribution < -0.4 is 10.6 Å². The maximum atomic E-state index is 11.3. The minimum absolute atomic E-state index is 0.346. The number of hydrogen-bond donors (Lipinski definition) is 1. The molecule has 1 aromatic carbocycles. The molecule has 126 valence electrons. The van der Waals surface area contributed by atoms with Crippen LogP contribution >= 0.6 is 0 Å². The van der Waals surface area contributed by atoms with Gasteiger partial charge in [-0.15, -0.1) is 0 Å². The van der Waals surface area contributed by atoms with Crippen molar-refractivity contribution >= 4 is 11.7 Å². The largest absolute Gasteiger partial charge is 0.462 e. The van der Waals surface area contributed by atoms with Crippen LogP contribution in [0.2, 0.25) is 0 Å². The molecule has 1 heterocycles. The van der Waals surface area contributed by atoms with Gasteiger partial charge < -0.3 is 15.4 Å². The second-order valence-electron chi connectivity index (χ2n) is 5.93. The lowest BCUT2D eigenvalue weighted by Crippen LogP contribution is -2.46. The number of nitrogens with two attached hydrogens (primary N) is 1. The molecular weight excluding hydrogens is 290 g/mol. The van der Waals surface area contributed by atoms with Crippen LogP contribution in [0.3, 0.4) is 0 Å². The summed E-state index contributed by atoms with van der Waals surface area (Å²) < 4.78 is 5.10. The Morgan fingerprint density at radius 3 is 2.52 bits per heavy atom. The Balaban J connectivity index is 1.57. The summed E-state index contributed by atoms with van der Waals surface area (Å²) in [4.78, 5) is 16.2. The Morgan fingerprint density at radius 2 is 1.87 bits per heavy atom. The highest BCUT2D eigenvalue weighted by molar-refractivity contribution is 5.82. The van der Waals surface area contributed by atoms with Crippen LogP contribution in [0.1, 0.15) is 19.8 Å². The van der Waals surface area contributed by atoms with E-state index in [1.54, 1.807) is 6.92 Å². The number of benzene rings is 1. The number of allylic oxidation sites excluding steroid dienone is 1. The van der Waals surface area contributed by atoms with E-state index in [0.29, 0.717) is 12.3 Å². The minimum Gasteiger partial charge on any atom is -0.462 e. The van der Waals surface area contributed by atoms with Crippen LogP contribution in [0, 0.1) is 0 Å². The number of unbranched alkanes of at least 4 members (excludes halogenated alkanes) is 1. The molecule has 1 aromatic rings. The van der Waals surface area contributed by atoms with E-state index < -0.39 is 0 Å². The molecule has 1 aliphatic heterocycles. The van der Waals surface area contributed by atoms with Crippen molar-refractivity contribution in [1.29, 1.82) is 0 Å². The van der Waals surface area contributed by atoms with Crippen molar-refractivity contribution in [3.05, 3.63) is 42.1 Å². The summed E-state index contributed by atoms with van der Waals surface area (Å²) in [6, 6.07) is 10.6. The standard InChI is InChI=1S/C18H27N3O2/c1-16(19)15-18(22)23-14-6-5-9-20-10-12-21(13-11-20)17-7-3-2-4-8-17/h2-4,7-8,15H,5-6,9-14,19H2,1H3/b16-15-. The van der Waals surface area contributed by atoms with Crippen LogP contribution in [0.15, 0.2) is 42.1 Å². The maximum absolute atomic E-state index is 11.3. The molecule has 1 saturated heterocycles. The molecule has 0 spiro atoms. The summed E-state index contributed by atoms with van der Waals surface area (Å²) in [6.45, 7) is 7.52. The van der Waals surface area contributed by atoms with Gasteiger partial charge in [-0.25, -0.2) is 4.79 Å². The first-order valence-electron chi connectivity index (χ1n) is 8.28. The SMILES string of the molecule is C/C(N)=C/C(=O)OCCCCN1CCN(c2ccccc2)CC1. The summed E-state index contributed by atoms with van der Waals surface area (Å²) in [7, 11) is 0. The number of carbonyl (C=O) groups is 1. The lowest BCUT2D eigenvalue weighted by molar-refractivity contribution is -0.137. The smallest absolute Gasteiger partial charge is 0.332 e. The fraction of sp³-hybridized carbons (Fsp3) is 0.500. The molecule has 1 aliphatic rings. The molecule has 1 fully saturated rings. The Labute approximate surface area is 138 Å². The van der Waals surface area contributed by atoms with Crippen LogP contribution in [0.4, 0.5) is 5.69 Å². The number of hydrogen-bond acceptors (Lipinski definition) is 5. The number of nitrogens with zero attached hydrogens (tertiary/aromatic N) is 2. The molecule has 2 rings (SSSR count). The molecule has 0 unspecified atom stereocenters. The minimum atomic E-state index is -0.346. The molecule has 0 aliphatic carbocycles. The van der Waals surface area contributed by atoms with E-state index in [9.17, 15) is 4.79 Å². The predicted octanol–water partition coefficient (Wildman–Crippen LogP) is 1.99. The molecular formula is C18H27N3O2. The van der Waals surface area contributed by atoms with Gasteiger partial charge >= 0.3 is 5.97 Å². The molecule has 23 heavy (non-hydrogen) atoms. The predicted molar refractivity (Wildman–Crippen MR) is 93.2 cm³/mol. The Hall–Kier alpha value is -2.01. The van der Waals surface area contributed by atoms with E-state index >= 15 is 0 Å². The third-order valence-corrected chi connectivity index (χ3v) is 3.95. The van der Waals surface area contributed by atoms with Gasteiger partial charge in [0.05, 0.1) is 6.61 Å². The second kappa shape index (κ2) is 9.20. The van der Waals surface area contributed by atoms with Gasteiger partial charge in [0.1, 0.15) is 0 Å². The number of para-hydroxylation sites is 1. The monoisotopic (exact) mass is 317 g/mol. The van der Waals surface area contributed by atoms with Crippen molar-refractivity contribution in [2.75, 3.05) is 44.2 Å². The van der Waals surface area contributed by atoms with Gasteiger partial charge in [0.15, 0.2) is 0 Å². The van der Waals surface area contributed by atoms with Crippen LogP contribution in [-0.2, 0) is 9.53 Å². The van der Waals surface area contributed by atoms with Gasteiger partial charge in [0, 0.05) is 43.6 Å². The normalized spacial score (nSPS) is 16.4. The first-order valence-corrected chi connectivity index (χ1v) is 8.28. The number of piperazine rings is 1. The first-order chi connectivity index (χ1) is 11.1. The molecule has 2 N–H and O–H groups in total. The van der Waals surface area contributed by atoms with Crippen LogP contribution in [0.5, 0.6) is 0 Å². The quantitative estimate of drug-likeness (QED) is 0.473. The molecule has 0 saturated carbocycles. The summed E-state index contributed by atoms with van der Waals surface area (Å²) >= 11 is 0. The molecule has 0 aromatic heterocycles. The van der Waals surface area contributed by atoms with E-state index in [-0.39, 0.29) is 5.97 Å². The highest BCUT2D eigenvalue weighted by Crippen LogP contribution is 2.15. The van der Waals surface area contributed by atoms with E-state index in [2.05, 4.69) is 40.1 Å². The summed E-state index contributed by atoms with van der Waals surface area (Å²) in [6.07, 6.45) is 3.26. The molecule has 5 nitrogen and oxygen atoms in total. The van der Waals surface area contributed by atoms with Crippen molar-refractivity contribution in [2.45, 2.75) is 19.8 Å². The molecule has 5 heteroatoms. The highest BCUT2D eigenvalue weighted by Gasteiger charge is 2.16. The third kappa shape index (κ3) is 6.32. The lowest BCUT2D eigenvalue weighted by atomic mass is 10.2. The second-order valence-corrected chi connectivity index (χ2v) is 5.93. The van der Waals surface area contributed by atoms with Crippen LogP contribution in [0.25, 0.3) is 0 Å². The van der Waals surface area contributed by atoms with Crippen molar-refractivity contribution < 1.29 is 9.53 Å². The van der Waals surface area contributed by atoms with Gasteiger partial charge in [0.2, 0.25) is 0 Å². The van der Waals surface area contributed by atoms with E-state index in [1.165, 1.54) is 11.8 Å². The molecule has 0 bridgehead atoms. The van der Waals surface area contributed by atoms with E-state index in [0.717, 1.165) is 45.6 Å². The van der Waals surface area contributed by atoms with Gasteiger partial charge in [-0.2, -0.15) is 0 Å². The van der Waals surface area contributed by atoms with Crippen molar-refractivity contribution in [1.82, 2.24) is 4.90 Å². The fourth-order valence-corrected chi connectivity index (χ4v) is 2.71. The summed E-state index contributed by atoms with van der Waals surface area (Å²) in [5.74, 6) is -0.346. The van der Waals surface area contributed by atoms with Gasteiger partial charge in [-0.1, -0.05) is 18.2 Å². The third-order valence-electron chi connectivity index (χ3n) is 3.95. The molecule has 0 radical (unpaired) electrons. The average molecular weight is 317 g/mol. The fourth-order valence-electron chi connectivity index (χ4n) is 2.71. The van der Waals surface area contributed by atoms with E-state index in [1.807, 2.05) is 0 Å². The van der Waals surface area contributed by atoms with Gasteiger partial charge in [-0.3, -0.25) is 4.90 Å². The van der Waals surface area contributed by atoms with Crippen molar-refractivity contribution in [3.8, 4) is 0 Å². The number of ether oxygens (including phenoxy) is 1. The molecule has 0 atom stereocenters. The highest BCUT2D eigenvalue weighted by atomic mass is 16.5. The molecule has 0 amide bonds. The van der Waals surface area contributed by atoms with Gasteiger partial charge in [0.25, 0.3) is 0 Å². The lowest BCUT2D eigenvalue weighted by Gasteiger charge is -2.36. The summed E-state index contributed by atoms with van der Waals surface area (Å²) in [5.41, 5.74) is 7.21. The number of esters is 1. The Kier molecular flexibility index (Phi) is 6.94. The number of anilines is 1. The van der Waals surface area contributed by atoms with E-state index in [4.69, 9.17) is 10.5 Å². The number of carbonyl (C=O) groups excluding carboxylic acids is 1. The number of rotatable bonds is 7. The zero-order chi connectivity index (χ0) is 16.5. The summed E-state index contributed by atoms with van der Waals surface area (Å²) in [5, 5.41) is 0. The first kappa shape index (κ1) is 17.3.